The summed E-state index contributed by atoms with van der Waals surface area (Å²) in [6, 6.07) is 16.4. The average molecular weight is 338 g/mol. The second-order valence-electron chi connectivity index (χ2n) is 6.82. The number of nitrogens with one attached hydrogen (secondary N) is 2. The Morgan fingerprint density at radius 1 is 1.08 bits per heavy atom. The van der Waals surface area contributed by atoms with Gasteiger partial charge in [-0.15, -0.1) is 0 Å². The highest BCUT2D eigenvalue weighted by Crippen LogP contribution is 2.47. The minimum Gasteiger partial charge on any atom is -0.496 e. The summed E-state index contributed by atoms with van der Waals surface area (Å²) in [5.74, 6) is 0.862. The van der Waals surface area contributed by atoms with Gasteiger partial charge in [-0.1, -0.05) is 48.0 Å². The lowest BCUT2D eigenvalue weighted by atomic mass is 9.95. The van der Waals surface area contributed by atoms with Crippen molar-refractivity contribution < 1.29 is 9.53 Å². The number of benzene rings is 2. The molecule has 0 heterocycles. The molecule has 0 aromatic heterocycles. The molecule has 2 N–H and O–H groups in total. The summed E-state index contributed by atoms with van der Waals surface area (Å²) in [5.41, 5.74) is 3.82. The Kier molecular flexibility index (Phi) is 5.27. The van der Waals surface area contributed by atoms with E-state index in [9.17, 15) is 4.79 Å². The smallest absolute Gasteiger partial charge is 0.314 e. The highest BCUT2D eigenvalue weighted by atomic mass is 16.5. The van der Waals surface area contributed by atoms with E-state index >= 15 is 0 Å². The summed E-state index contributed by atoms with van der Waals surface area (Å²) in [5, 5.41) is 5.97. The molecule has 2 aromatic carbocycles. The van der Waals surface area contributed by atoms with Gasteiger partial charge in [0.2, 0.25) is 0 Å². The zero-order chi connectivity index (χ0) is 17.7. The number of rotatable bonds is 7. The maximum absolute atomic E-state index is 12.1. The Morgan fingerprint density at radius 2 is 1.80 bits per heavy atom. The van der Waals surface area contributed by atoms with Crippen LogP contribution in [0.15, 0.2) is 48.5 Å². The third-order valence-corrected chi connectivity index (χ3v) is 4.98. The first-order valence-electron chi connectivity index (χ1n) is 8.84. The van der Waals surface area contributed by atoms with Gasteiger partial charge >= 0.3 is 6.03 Å². The topological polar surface area (TPSA) is 50.4 Å². The van der Waals surface area contributed by atoms with Crippen LogP contribution in [0.3, 0.4) is 0 Å². The van der Waals surface area contributed by atoms with E-state index in [4.69, 9.17) is 4.74 Å². The number of hydrogen-bond donors (Lipinski definition) is 2. The lowest BCUT2D eigenvalue weighted by molar-refractivity contribution is 0.240. The molecule has 0 atom stereocenters. The summed E-state index contributed by atoms with van der Waals surface area (Å²) in [6.07, 6.45) is 3.02. The van der Waals surface area contributed by atoms with Crippen LogP contribution in [0.5, 0.6) is 5.75 Å². The van der Waals surface area contributed by atoms with Gasteiger partial charge in [0, 0.05) is 18.5 Å². The third-order valence-electron chi connectivity index (χ3n) is 4.98. The zero-order valence-electron chi connectivity index (χ0n) is 15.0. The fourth-order valence-electron chi connectivity index (χ4n) is 3.16. The van der Waals surface area contributed by atoms with E-state index in [1.165, 1.54) is 11.1 Å². The second kappa shape index (κ2) is 7.60. The van der Waals surface area contributed by atoms with Crippen molar-refractivity contribution in [1.82, 2.24) is 10.6 Å². The SMILES string of the molecule is COc1ccccc1CCNC(=O)NCC1(c2ccc(C)cc2)CC1. The molecule has 4 nitrogen and oxygen atoms in total. The molecule has 0 bridgehead atoms. The quantitative estimate of drug-likeness (QED) is 0.811. The zero-order valence-corrected chi connectivity index (χ0v) is 15.0. The van der Waals surface area contributed by atoms with Gasteiger partial charge in [-0.3, -0.25) is 0 Å². The van der Waals surface area contributed by atoms with Crippen molar-refractivity contribution in [2.45, 2.75) is 31.6 Å². The second-order valence-corrected chi connectivity index (χ2v) is 6.82. The summed E-state index contributed by atoms with van der Waals surface area (Å²) < 4.78 is 5.33. The largest absolute Gasteiger partial charge is 0.496 e. The van der Waals surface area contributed by atoms with Crippen LogP contribution in [-0.2, 0) is 11.8 Å². The Morgan fingerprint density at radius 3 is 2.48 bits per heavy atom. The van der Waals surface area contributed by atoms with Gasteiger partial charge < -0.3 is 15.4 Å². The van der Waals surface area contributed by atoms with Gasteiger partial charge in [0.1, 0.15) is 5.75 Å². The van der Waals surface area contributed by atoms with Crippen LogP contribution < -0.4 is 15.4 Å². The summed E-state index contributed by atoms with van der Waals surface area (Å²) >= 11 is 0. The molecule has 0 saturated heterocycles. The number of carbonyl (C=O) groups excluding carboxylic acids is 1. The molecule has 0 unspecified atom stereocenters. The van der Waals surface area contributed by atoms with Crippen molar-refractivity contribution in [3.63, 3.8) is 0 Å². The molecule has 25 heavy (non-hydrogen) atoms. The lowest BCUT2D eigenvalue weighted by Gasteiger charge is -2.17. The molecular formula is C21H26N2O2. The minimum absolute atomic E-state index is 0.103. The average Bonchev–Trinajstić information content (AvgIpc) is 3.42. The first-order valence-corrected chi connectivity index (χ1v) is 8.84. The molecule has 0 radical (unpaired) electrons. The molecule has 132 valence electrons. The highest BCUT2D eigenvalue weighted by molar-refractivity contribution is 5.74. The molecule has 0 spiro atoms. The number of methoxy groups -OCH3 is 1. The number of para-hydroxylation sites is 1. The van der Waals surface area contributed by atoms with Crippen LogP contribution in [0.2, 0.25) is 0 Å². The van der Waals surface area contributed by atoms with Gasteiger partial charge in [-0.2, -0.15) is 0 Å². The molecule has 0 aliphatic heterocycles. The van der Waals surface area contributed by atoms with Gasteiger partial charge in [0.25, 0.3) is 0 Å². The van der Waals surface area contributed by atoms with E-state index in [1.807, 2.05) is 24.3 Å². The standard InChI is InChI=1S/C21H26N2O2/c1-16-7-9-18(10-8-16)21(12-13-21)15-23-20(24)22-14-11-17-5-3-4-6-19(17)25-2/h3-10H,11-15H2,1-2H3,(H2,22,23,24). The van der Waals surface area contributed by atoms with Crippen molar-refractivity contribution in [2.75, 3.05) is 20.2 Å². The van der Waals surface area contributed by atoms with Crippen molar-refractivity contribution >= 4 is 6.03 Å². The third kappa shape index (κ3) is 4.32. The molecule has 4 heteroatoms. The maximum Gasteiger partial charge on any atom is 0.314 e. The van der Waals surface area contributed by atoms with Crippen molar-refractivity contribution in [2.24, 2.45) is 0 Å². The molecule has 1 saturated carbocycles. The predicted molar refractivity (Wildman–Crippen MR) is 100 cm³/mol. The normalized spacial score (nSPS) is 14.6. The Bertz CT molecular complexity index is 721. The van der Waals surface area contributed by atoms with Crippen molar-refractivity contribution in [3.05, 3.63) is 65.2 Å². The number of ether oxygens (including phenoxy) is 1. The fourth-order valence-corrected chi connectivity index (χ4v) is 3.16. The van der Waals surface area contributed by atoms with Crippen LogP contribution in [0.4, 0.5) is 4.79 Å². The van der Waals surface area contributed by atoms with Gasteiger partial charge in [0.05, 0.1) is 7.11 Å². The predicted octanol–water partition coefficient (Wildman–Crippen LogP) is 3.58. The van der Waals surface area contributed by atoms with E-state index in [0.717, 1.165) is 30.6 Å². The monoisotopic (exact) mass is 338 g/mol. The van der Waals surface area contributed by atoms with E-state index in [1.54, 1.807) is 7.11 Å². The van der Waals surface area contributed by atoms with E-state index in [2.05, 4.69) is 41.8 Å². The number of aryl methyl sites for hydroxylation is 1. The Labute approximate surface area is 149 Å². The molecule has 2 aromatic rings. The van der Waals surface area contributed by atoms with E-state index < -0.39 is 0 Å². The summed E-state index contributed by atoms with van der Waals surface area (Å²) in [4.78, 5) is 12.1. The van der Waals surface area contributed by atoms with Gasteiger partial charge in [-0.05, 0) is 43.4 Å². The lowest BCUT2D eigenvalue weighted by Crippen LogP contribution is -2.40. The van der Waals surface area contributed by atoms with Crippen LogP contribution >= 0.6 is 0 Å². The highest BCUT2D eigenvalue weighted by Gasteiger charge is 2.44. The Balaban J connectivity index is 1.45. The van der Waals surface area contributed by atoms with Crippen molar-refractivity contribution in [3.8, 4) is 5.75 Å². The first kappa shape index (κ1) is 17.3. The number of urea groups is 1. The van der Waals surface area contributed by atoms with Gasteiger partial charge in [-0.25, -0.2) is 4.79 Å². The number of amides is 2. The fraction of sp³-hybridized carbons (Fsp3) is 0.381. The van der Waals surface area contributed by atoms with Crippen LogP contribution in [0.1, 0.15) is 29.5 Å². The summed E-state index contributed by atoms with van der Waals surface area (Å²) in [7, 11) is 1.67. The molecular weight excluding hydrogens is 312 g/mol. The van der Waals surface area contributed by atoms with E-state index in [0.29, 0.717) is 13.1 Å². The molecule has 1 fully saturated rings. The molecule has 1 aliphatic carbocycles. The Hall–Kier alpha value is -2.49. The number of carbonyl (C=O) groups is 1. The number of hydrogen-bond acceptors (Lipinski definition) is 2. The van der Waals surface area contributed by atoms with Crippen molar-refractivity contribution in [1.29, 1.82) is 0 Å². The van der Waals surface area contributed by atoms with Crippen LogP contribution in [0.25, 0.3) is 0 Å². The van der Waals surface area contributed by atoms with Crippen LogP contribution in [0, 0.1) is 6.92 Å². The minimum atomic E-state index is -0.103. The maximum atomic E-state index is 12.1. The first-order chi connectivity index (χ1) is 12.1. The van der Waals surface area contributed by atoms with Gasteiger partial charge in [0.15, 0.2) is 0 Å². The van der Waals surface area contributed by atoms with Crippen LogP contribution in [-0.4, -0.2) is 26.2 Å². The summed E-state index contributed by atoms with van der Waals surface area (Å²) in [6.45, 7) is 3.37. The molecule has 1 aliphatic rings. The van der Waals surface area contributed by atoms with E-state index in [-0.39, 0.29) is 11.4 Å². The molecule has 2 amide bonds. The molecule has 3 rings (SSSR count).